The van der Waals surface area contributed by atoms with E-state index in [1.54, 1.807) is 19.2 Å². The third-order valence-corrected chi connectivity index (χ3v) is 2.70. The van der Waals surface area contributed by atoms with Crippen molar-refractivity contribution in [2.24, 2.45) is 0 Å². The number of nitrogens with zero attached hydrogens (tertiary/aromatic N) is 4. The number of amides is 1. The topological polar surface area (TPSA) is 92.1 Å². The number of hydrogen-bond acceptors (Lipinski definition) is 5. The van der Waals surface area contributed by atoms with Crippen molar-refractivity contribution < 1.29 is 9.21 Å². The lowest BCUT2D eigenvalue weighted by molar-refractivity contribution is -0.130. The summed E-state index contributed by atoms with van der Waals surface area (Å²) in [7, 11) is 1.58. The fourth-order valence-corrected chi connectivity index (χ4v) is 1.64. The molecule has 7 nitrogen and oxygen atoms in total. The highest BCUT2D eigenvalue weighted by molar-refractivity contribution is 5.78. The van der Waals surface area contributed by atoms with Crippen LogP contribution >= 0.6 is 0 Å². The van der Waals surface area contributed by atoms with Crippen LogP contribution in [0, 0.1) is 11.3 Å². The number of carbonyl (C=O) groups excluding carboxylic acids is 1. The quantitative estimate of drug-likeness (QED) is 0.791. The van der Waals surface area contributed by atoms with Gasteiger partial charge in [-0.1, -0.05) is 0 Å². The van der Waals surface area contributed by atoms with Gasteiger partial charge < -0.3 is 9.32 Å². The third-order valence-electron chi connectivity index (χ3n) is 2.70. The molecule has 0 atom stereocenters. The van der Waals surface area contributed by atoms with Gasteiger partial charge in [0, 0.05) is 19.8 Å². The van der Waals surface area contributed by atoms with Crippen molar-refractivity contribution in [3.8, 4) is 6.07 Å². The number of nitriles is 1. The van der Waals surface area contributed by atoms with E-state index in [9.17, 15) is 9.59 Å². The number of pyridine rings is 1. The van der Waals surface area contributed by atoms with Gasteiger partial charge in [0.15, 0.2) is 11.2 Å². The molecular formula is C12H12N4O3. The highest BCUT2D eigenvalue weighted by atomic mass is 16.4. The standard InChI is InChI=1S/C12H12N4O3/c1-15(7-3-5-13)10(17)8-16-11-9(19-12(16)18)4-2-6-14-11/h2,4,6H,3,7-8H2,1H3. The van der Waals surface area contributed by atoms with Crippen LogP contribution in [0.5, 0.6) is 0 Å². The first kappa shape index (κ1) is 12.8. The lowest BCUT2D eigenvalue weighted by Gasteiger charge is -2.15. The Hall–Kier alpha value is -2.62. The maximum absolute atomic E-state index is 11.9. The van der Waals surface area contributed by atoms with Gasteiger partial charge in [0.25, 0.3) is 0 Å². The fourth-order valence-electron chi connectivity index (χ4n) is 1.64. The molecule has 0 saturated heterocycles. The highest BCUT2D eigenvalue weighted by Gasteiger charge is 2.15. The van der Waals surface area contributed by atoms with E-state index < -0.39 is 5.76 Å². The van der Waals surface area contributed by atoms with Gasteiger partial charge in [-0.3, -0.25) is 4.79 Å². The molecule has 7 heteroatoms. The van der Waals surface area contributed by atoms with Crippen LogP contribution in [-0.4, -0.2) is 34.0 Å². The van der Waals surface area contributed by atoms with E-state index in [1.165, 1.54) is 15.7 Å². The molecule has 0 unspecified atom stereocenters. The zero-order valence-corrected chi connectivity index (χ0v) is 10.4. The van der Waals surface area contributed by atoms with Gasteiger partial charge >= 0.3 is 5.76 Å². The van der Waals surface area contributed by atoms with E-state index in [0.717, 1.165) is 0 Å². The van der Waals surface area contributed by atoms with Crippen molar-refractivity contribution in [3.05, 3.63) is 28.9 Å². The second-order valence-corrected chi connectivity index (χ2v) is 4.00. The van der Waals surface area contributed by atoms with Crippen molar-refractivity contribution >= 4 is 17.1 Å². The molecule has 0 aliphatic carbocycles. The Balaban J connectivity index is 2.22. The summed E-state index contributed by atoms with van der Waals surface area (Å²) in [5, 5.41) is 8.47. The van der Waals surface area contributed by atoms with Crippen LogP contribution in [0.4, 0.5) is 0 Å². The van der Waals surface area contributed by atoms with Crippen molar-refractivity contribution in [3.63, 3.8) is 0 Å². The van der Waals surface area contributed by atoms with E-state index in [1.807, 2.05) is 6.07 Å². The number of aromatic nitrogens is 2. The Kier molecular flexibility index (Phi) is 3.61. The number of oxazole rings is 1. The maximum Gasteiger partial charge on any atom is 0.421 e. The molecule has 0 fully saturated rings. The molecule has 19 heavy (non-hydrogen) atoms. The molecule has 2 rings (SSSR count). The van der Waals surface area contributed by atoms with Crippen LogP contribution in [-0.2, 0) is 11.3 Å². The number of hydrogen-bond donors (Lipinski definition) is 0. The second kappa shape index (κ2) is 5.35. The normalized spacial score (nSPS) is 10.3. The first-order chi connectivity index (χ1) is 9.13. The molecule has 0 radical (unpaired) electrons. The Bertz CT molecular complexity index is 695. The minimum Gasteiger partial charge on any atom is -0.406 e. The van der Waals surface area contributed by atoms with Crippen LogP contribution in [0.1, 0.15) is 6.42 Å². The highest BCUT2D eigenvalue weighted by Crippen LogP contribution is 2.08. The SMILES string of the molecule is CN(CCC#N)C(=O)Cn1c(=O)oc2cccnc21. The smallest absolute Gasteiger partial charge is 0.406 e. The minimum atomic E-state index is -0.615. The van der Waals surface area contributed by atoms with E-state index in [2.05, 4.69) is 4.98 Å². The largest absolute Gasteiger partial charge is 0.421 e. The summed E-state index contributed by atoms with van der Waals surface area (Å²) in [6.07, 6.45) is 1.78. The first-order valence-electron chi connectivity index (χ1n) is 5.68. The Morgan fingerprint density at radius 1 is 1.63 bits per heavy atom. The Morgan fingerprint density at radius 3 is 3.16 bits per heavy atom. The molecule has 2 aromatic heterocycles. The maximum atomic E-state index is 11.9. The monoisotopic (exact) mass is 260 g/mol. The Labute approximate surface area is 108 Å². The van der Waals surface area contributed by atoms with Crippen molar-refractivity contribution in [2.75, 3.05) is 13.6 Å². The molecular weight excluding hydrogens is 248 g/mol. The minimum absolute atomic E-state index is 0.148. The summed E-state index contributed by atoms with van der Waals surface area (Å²) in [4.78, 5) is 29.0. The molecule has 0 aromatic carbocycles. The zero-order chi connectivity index (χ0) is 13.8. The van der Waals surface area contributed by atoms with Crippen LogP contribution in [0.25, 0.3) is 11.2 Å². The first-order valence-corrected chi connectivity index (χ1v) is 5.68. The summed E-state index contributed by atoms with van der Waals surface area (Å²) in [5.41, 5.74) is 0.689. The number of likely N-dealkylation sites (N-methyl/N-ethyl adjacent to an activating group) is 1. The van der Waals surface area contributed by atoms with Crippen LogP contribution in [0.3, 0.4) is 0 Å². The van der Waals surface area contributed by atoms with Gasteiger partial charge in [0.2, 0.25) is 5.91 Å². The van der Waals surface area contributed by atoms with Crippen LogP contribution in [0.15, 0.2) is 27.5 Å². The van der Waals surface area contributed by atoms with Gasteiger partial charge in [-0.05, 0) is 12.1 Å². The van der Waals surface area contributed by atoms with Gasteiger partial charge in [0.1, 0.15) is 6.54 Å². The van der Waals surface area contributed by atoms with Crippen LogP contribution in [0.2, 0.25) is 0 Å². The fraction of sp³-hybridized carbons (Fsp3) is 0.333. The molecule has 0 saturated carbocycles. The molecule has 0 spiro atoms. The van der Waals surface area contributed by atoms with Crippen molar-refractivity contribution in [1.82, 2.24) is 14.5 Å². The van der Waals surface area contributed by atoms with Crippen LogP contribution < -0.4 is 5.76 Å². The summed E-state index contributed by atoms with van der Waals surface area (Å²) in [5.74, 6) is -0.888. The lowest BCUT2D eigenvalue weighted by Crippen LogP contribution is -2.33. The second-order valence-electron chi connectivity index (χ2n) is 4.00. The molecule has 2 aromatic rings. The summed E-state index contributed by atoms with van der Waals surface area (Å²) in [6, 6.07) is 5.22. The number of carbonyl (C=O) groups is 1. The number of rotatable bonds is 4. The molecule has 0 aliphatic rings. The van der Waals surface area contributed by atoms with Gasteiger partial charge in [-0.2, -0.15) is 5.26 Å². The average molecular weight is 260 g/mol. The van der Waals surface area contributed by atoms with E-state index in [4.69, 9.17) is 9.68 Å². The predicted octanol–water partition coefficient (Wildman–Crippen LogP) is 0.362. The van der Waals surface area contributed by atoms with Crippen molar-refractivity contribution in [1.29, 1.82) is 5.26 Å². The number of fused-ring (bicyclic) bond motifs is 1. The zero-order valence-electron chi connectivity index (χ0n) is 10.4. The van der Waals surface area contributed by atoms with Gasteiger partial charge in [-0.25, -0.2) is 14.3 Å². The molecule has 0 aliphatic heterocycles. The predicted molar refractivity (Wildman–Crippen MR) is 66.1 cm³/mol. The molecule has 98 valence electrons. The van der Waals surface area contributed by atoms with E-state index >= 15 is 0 Å². The van der Waals surface area contributed by atoms with Gasteiger partial charge in [0.05, 0.1) is 12.5 Å². The van der Waals surface area contributed by atoms with Gasteiger partial charge in [-0.15, -0.1) is 0 Å². The summed E-state index contributed by atoms with van der Waals surface area (Å²) in [6.45, 7) is 0.179. The third kappa shape index (κ3) is 2.63. The molecule has 0 N–H and O–H groups in total. The molecule has 1 amide bonds. The molecule has 2 heterocycles. The Morgan fingerprint density at radius 2 is 2.42 bits per heavy atom. The lowest BCUT2D eigenvalue weighted by atomic mass is 10.4. The summed E-state index contributed by atoms with van der Waals surface area (Å²) >= 11 is 0. The van der Waals surface area contributed by atoms with Crippen molar-refractivity contribution in [2.45, 2.75) is 13.0 Å². The summed E-state index contributed by atoms with van der Waals surface area (Å²) < 4.78 is 6.16. The molecule has 0 bridgehead atoms. The van der Waals surface area contributed by atoms with E-state index in [-0.39, 0.29) is 18.9 Å². The average Bonchev–Trinajstić information content (AvgIpc) is 2.72. The van der Waals surface area contributed by atoms with E-state index in [0.29, 0.717) is 17.8 Å².